The molecule has 3 nitrogen and oxygen atoms in total. The molecule has 126 valence electrons. The van der Waals surface area contributed by atoms with Crippen LogP contribution in [0, 0.1) is 11.6 Å². The average Bonchev–Trinajstić information content (AvgIpc) is 2.62. The molecular weight excluding hydrogens is 322 g/mol. The van der Waals surface area contributed by atoms with E-state index < -0.39 is 17.5 Å². The third kappa shape index (κ3) is 4.20. The Bertz CT molecular complexity index is 854. The molecule has 0 saturated carbocycles. The molecule has 0 atom stereocenters. The molecular formula is C20H16F2N2O. The van der Waals surface area contributed by atoms with Crippen LogP contribution in [0.1, 0.15) is 15.9 Å². The lowest BCUT2D eigenvalue weighted by Crippen LogP contribution is -2.42. The Kier molecular flexibility index (Phi) is 5.04. The number of amides is 1. The van der Waals surface area contributed by atoms with Crippen LogP contribution in [-0.2, 0) is 6.54 Å². The third-order valence-corrected chi connectivity index (χ3v) is 3.66. The summed E-state index contributed by atoms with van der Waals surface area (Å²) in [6, 6.07) is 21.7. The topological polar surface area (TPSA) is 32.3 Å². The number of para-hydroxylation sites is 1. The zero-order valence-corrected chi connectivity index (χ0v) is 13.3. The first-order valence-corrected chi connectivity index (χ1v) is 7.76. The Balaban J connectivity index is 1.85. The fraction of sp³-hybridized carbons (Fsp3) is 0.0500. The van der Waals surface area contributed by atoms with Crippen molar-refractivity contribution in [2.45, 2.75) is 6.54 Å². The van der Waals surface area contributed by atoms with Gasteiger partial charge in [0.15, 0.2) is 0 Å². The second-order valence-corrected chi connectivity index (χ2v) is 5.47. The largest absolute Gasteiger partial charge is 0.281 e. The van der Waals surface area contributed by atoms with Crippen molar-refractivity contribution in [2.75, 3.05) is 5.01 Å². The summed E-state index contributed by atoms with van der Waals surface area (Å²) in [5.41, 5.74) is 4.21. The Morgan fingerprint density at radius 2 is 1.52 bits per heavy atom. The first-order chi connectivity index (χ1) is 12.1. The normalized spacial score (nSPS) is 10.3. The predicted molar refractivity (Wildman–Crippen MR) is 92.9 cm³/mol. The maximum absolute atomic E-state index is 13.9. The van der Waals surface area contributed by atoms with E-state index in [1.165, 1.54) is 0 Å². The third-order valence-electron chi connectivity index (χ3n) is 3.66. The molecule has 1 N–H and O–H groups in total. The highest BCUT2D eigenvalue weighted by Crippen LogP contribution is 2.16. The van der Waals surface area contributed by atoms with Crippen molar-refractivity contribution in [2.24, 2.45) is 0 Å². The number of carbonyl (C=O) groups excluding carboxylic acids is 1. The Hall–Kier alpha value is -3.21. The van der Waals surface area contributed by atoms with Crippen LogP contribution in [0.5, 0.6) is 0 Å². The second kappa shape index (κ2) is 7.57. The van der Waals surface area contributed by atoms with Crippen molar-refractivity contribution in [3.63, 3.8) is 0 Å². The molecule has 0 aromatic heterocycles. The van der Waals surface area contributed by atoms with Crippen LogP contribution in [0.15, 0.2) is 78.9 Å². The number of anilines is 1. The van der Waals surface area contributed by atoms with E-state index in [0.717, 1.165) is 23.4 Å². The van der Waals surface area contributed by atoms with Crippen LogP contribution in [-0.4, -0.2) is 5.91 Å². The quantitative estimate of drug-likeness (QED) is 0.703. The number of halogens is 2. The number of rotatable bonds is 5. The number of hydrogen-bond donors (Lipinski definition) is 1. The molecule has 0 saturated heterocycles. The van der Waals surface area contributed by atoms with Crippen LogP contribution in [0.25, 0.3) is 0 Å². The monoisotopic (exact) mass is 338 g/mol. The minimum Gasteiger partial charge on any atom is -0.281 e. The van der Waals surface area contributed by atoms with Crippen molar-refractivity contribution < 1.29 is 13.6 Å². The second-order valence-electron chi connectivity index (χ2n) is 5.47. The highest BCUT2D eigenvalue weighted by Gasteiger charge is 2.16. The first-order valence-electron chi connectivity index (χ1n) is 7.76. The summed E-state index contributed by atoms with van der Waals surface area (Å²) in [6.07, 6.45) is 0. The van der Waals surface area contributed by atoms with Crippen LogP contribution < -0.4 is 10.4 Å². The van der Waals surface area contributed by atoms with E-state index >= 15 is 0 Å². The van der Waals surface area contributed by atoms with Crippen LogP contribution in [0.2, 0.25) is 0 Å². The van der Waals surface area contributed by atoms with Crippen LogP contribution in [0.3, 0.4) is 0 Å². The van der Waals surface area contributed by atoms with Gasteiger partial charge in [-0.25, -0.2) is 8.78 Å². The van der Waals surface area contributed by atoms with Gasteiger partial charge in [0.1, 0.15) is 11.6 Å². The number of nitrogens with zero attached hydrogens (tertiary/aromatic N) is 1. The lowest BCUT2D eigenvalue weighted by Gasteiger charge is -2.25. The summed E-state index contributed by atoms with van der Waals surface area (Å²) in [6.45, 7) is 0.402. The molecule has 0 aliphatic rings. The fourth-order valence-corrected chi connectivity index (χ4v) is 2.43. The molecule has 0 bridgehead atoms. The molecule has 3 rings (SSSR count). The fourth-order valence-electron chi connectivity index (χ4n) is 2.43. The van der Waals surface area contributed by atoms with Crippen molar-refractivity contribution in [1.29, 1.82) is 0 Å². The number of carbonyl (C=O) groups is 1. The van der Waals surface area contributed by atoms with Gasteiger partial charge in [-0.2, -0.15) is 0 Å². The molecule has 1 amide bonds. The zero-order valence-electron chi connectivity index (χ0n) is 13.3. The molecule has 0 fully saturated rings. The minimum absolute atomic E-state index is 0.213. The molecule has 0 spiro atoms. The minimum atomic E-state index is -0.898. The molecule has 0 aliphatic carbocycles. The predicted octanol–water partition coefficient (Wildman–Crippen LogP) is 4.32. The summed E-state index contributed by atoms with van der Waals surface area (Å²) >= 11 is 0. The van der Waals surface area contributed by atoms with E-state index in [1.54, 1.807) is 5.01 Å². The number of benzene rings is 3. The summed E-state index contributed by atoms with van der Waals surface area (Å²) in [5.74, 6) is -2.26. The number of hydrazine groups is 1. The van der Waals surface area contributed by atoms with Gasteiger partial charge in [0.25, 0.3) is 5.91 Å². The summed E-state index contributed by atoms with van der Waals surface area (Å²) in [5, 5.41) is 1.63. The lowest BCUT2D eigenvalue weighted by molar-refractivity contribution is 0.0944. The number of hydrogen-bond acceptors (Lipinski definition) is 2. The van der Waals surface area contributed by atoms with E-state index in [9.17, 15) is 13.6 Å². The molecule has 25 heavy (non-hydrogen) atoms. The standard InChI is InChI=1S/C20H16F2N2O/c21-16-11-12-18(19(22)13-16)20(25)23-24(17-9-5-2-6-10-17)14-15-7-3-1-4-8-15/h1-13H,14H2,(H,23,25). The highest BCUT2D eigenvalue weighted by molar-refractivity contribution is 5.95. The summed E-state index contributed by atoms with van der Waals surface area (Å²) in [7, 11) is 0. The zero-order chi connectivity index (χ0) is 17.6. The van der Waals surface area contributed by atoms with Gasteiger partial charge in [0.05, 0.1) is 17.8 Å². The molecule has 3 aromatic rings. The highest BCUT2D eigenvalue weighted by atomic mass is 19.1. The van der Waals surface area contributed by atoms with Crippen LogP contribution in [0.4, 0.5) is 14.5 Å². The van der Waals surface area contributed by atoms with E-state index in [-0.39, 0.29) is 5.56 Å². The van der Waals surface area contributed by atoms with Crippen molar-refractivity contribution >= 4 is 11.6 Å². The number of nitrogens with one attached hydrogen (secondary N) is 1. The maximum Gasteiger partial charge on any atom is 0.272 e. The molecule has 3 aromatic carbocycles. The van der Waals surface area contributed by atoms with Gasteiger partial charge >= 0.3 is 0 Å². The van der Waals surface area contributed by atoms with Crippen molar-refractivity contribution in [1.82, 2.24) is 5.43 Å². The van der Waals surface area contributed by atoms with Gasteiger partial charge in [-0.1, -0.05) is 48.5 Å². The maximum atomic E-state index is 13.9. The van der Waals surface area contributed by atoms with Crippen molar-refractivity contribution in [3.05, 3.63) is 102 Å². The van der Waals surface area contributed by atoms with E-state index in [1.807, 2.05) is 60.7 Å². The summed E-state index contributed by atoms with van der Waals surface area (Å²) in [4.78, 5) is 12.4. The van der Waals surface area contributed by atoms with Gasteiger partial charge in [0, 0.05) is 6.07 Å². The van der Waals surface area contributed by atoms with E-state index in [0.29, 0.717) is 12.6 Å². The Morgan fingerprint density at radius 1 is 0.880 bits per heavy atom. The molecule has 5 heteroatoms. The Labute approximate surface area is 144 Å². The SMILES string of the molecule is O=C(NN(Cc1ccccc1)c1ccccc1)c1ccc(F)cc1F. The van der Waals surface area contributed by atoms with Crippen molar-refractivity contribution in [3.8, 4) is 0 Å². The first kappa shape index (κ1) is 16.6. The smallest absolute Gasteiger partial charge is 0.272 e. The van der Waals surface area contributed by atoms with Gasteiger partial charge in [-0.15, -0.1) is 0 Å². The molecule has 0 unspecified atom stereocenters. The Morgan fingerprint density at radius 3 is 2.16 bits per heavy atom. The van der Waals surface area contributed by atoms with E-state index in [4.69, 9.17) is 0 Å². The van der Waals surface area contributed by atoms with E-state index in [2.05, 4.69) is 5.43 Å². The molecule has 0 heterocycles. The summed E-state index contributed by atoms with van der Waals surface area (Å²) < 4.78 is 26.9. The van der Waals surface area contributed by atoms with Gasteiger partial charge < -0.3 is 0 Å². The average molecular weight is 338 g/mol. The van der Waals surface area contributed by atoms with Gasteiger partial charge in [-0.05, 0) is 29.8 Å². The van der Waals surface area contributed by atoms with Gasteiger partial charge in [0.2, 0.25) is 0 Å². The lowest BCUT2D eigenvalue weighted by atomic mass is 10.2. The van der Waals surface area contributed by atoms with Gasteiger partial charge in [-0.3, -0.25) is 15.2 Å². The van der Waals surface area contributed by atoms with Crippen LogP contribution >= 0.6 is 0 Å². The molecule has 0 aliphatic heterocycles. The molecule has 0 radical (unpaired) electrons.